The van der Waals surface area contributed by atoms with Gasteiger partial charge in [0.25, 0.3) is 5.91 Å². The molecule has 2 rings (SSSR count). The molecule has 0 aliphatic rings. The smallest absolute Gasteiger partial charge is 0.262 e. The zero-order valence-electron chi connectivity index (χ0n) is 10.7. The number of rotatable bonds is 4. The largest absolute Gasteiger partial charge is 0.484 e. The fourth-order valence-electron chi connectivity index (χ4n) is 1.59. The summed E-state index contributed by atoms with van der Waals surface area (Å²) in [7, 11) is 0. The summed E-state index contributed by atoms with van der Waals surface area (Å²) < 4.78 is 44.5. The lowest BCUT2D eigenvalue weighted by atomic mass is 10.2. The first kappa shape index (κ1) is 14.7. The molecular formula is C14H11F3N2O2. The Balaban J connectivity index is 1.99. The highest BCUT2D eigenvalue weighted by Crippen LogP contribution is 2.20. The summed E-state index contributed by atoms with van der Waals surface area (Å²) >= 11 is 0. The summed E-state index contributed by atoms with van der Waals surface area (Å²) in [5.41, 5.74) is 5.25. The van der Waals surface area contributed by atoms with Crippen LogP contribution in [-0.4, -0.2) is 12.5 Å². The van der Waals surface area contributed by atoms with Crippen LogP contribution in [0.3, 0.4) is 0 Å². The van der Waals surface area contributed by atoms with E-state index in [1.54, 1.807) is 18.2 Å². The van der Waals surface area contributed by atoms with Gasteiger partial charge < -0.3 is 15.8 Å². The van der Waals surface area contributed by atoms with Gasteiger partial charge in [0.1, 0.15) is 17.3 Å². The average molecular weight is 296 g/mol. The van der Waals surface area contributed by atoms with E-state index in [9.17, 15) is 18.0 Å². The molecule has 3 N–H and O–H groups in total. The van der Waals surface area contributed by atoms with Crippen molar-refractivity contribution in [2.45, 2.75) is 0 Å². The van der Waals surface area contributed by atoms with Crippen LogP contribution in [0, 0.1) is 17.5 Å². The quantitative estimate of drug-likeness (QED) is 0.853. The summed E-state index contributed by atoms with van der Waals surface area (Å²) in [5, 5.41) is 1.98. The van der Waals surface area contributed by atoms with Crippen molar-refractivity contribution in [1.82, 2.24) is 0 Å². The van der Waals surface area contributed by atoms with E-state index >= 15 is 0 Å². The first-order chi connectivity index (χ1) is 9.95. The van der Waals surface area contributed by atoms with E-state index in [1.807, 2.05) is 5.32 Å². The summed E-state index contributed by atoms with van der Waals surface area (Å²) in [6, 6.07) is 7.27. The number of anilines is 2. The van der Waals surface area contributed by atoms with Crippen LogP contribution in [0.5, 0.6) is 5.75 Å². The number of amides is 1. The lowest BCUT2D eigenvalue weighted by Gasteiger charge is -2.09. The van der Waals surface area contributed by atoms with E-state index in [-0.39, 0.29) is 0 Å². The third-order valence-electron chi connectivity index (χ3n) is 2.50. The SMILES string of the molecule is Nc1cccc(OCC(=O)Nc2c(F)cc(F)cc2F)c1. The zero-order valence-corrected chi connectivity index (χ0v) is 10.7. The number of hydrogen-bond donors (Lipinski definition) is 2. The van der Waals surface area contributed by atoms with Crippen molar-refractivity contribution in [2.75, 3.05) is 17.7 Å². The topological polar surface area (TPSA) is 64.3 Å². The Morgan fingerprint density at radius 1 is 1.14 bits per heavy atom. The maximum atomic E-state index is 13.3. The van der Waals surface area contributed by atoms with Crippen molar-refractivity contribution < 1.29 is 22.7 Å². The predicted octanol–water partition coefficient (Wildman–Crippen LogP) is 2.70. The summed E-state index contributed by atoms with van der Waals surface area (Å²) in [6.45, 7) is -0.473. The van der Waals surface area contributed by atoms with Crippen LogP contribution in [0.1, 0.15) is 0 Å². The van der Waals surface area contributed by atoms with E-state index in [0.29, 0.717) is 23.6 Å². The molecule has 0 atom stereocenters. The monoisotopic (exact) mass is 296 g/mol. The number of halogens is 3. The fourth-order valence-corrected chi connectivity index (χ4v) is 1.59. The van der Waals surface area contributed by atoms with E-state index in [4.69, 9.17) is 10.5 Å². The molecule has 21 heavy (non-hydrogen) atoms. The minimum Gasteiger partial charge on any atom is -0.484 e. The second-order valence-corrected chi connectivity index (χ2v) is 4.15. The van der Waals surface area contributed by atoms with Gasteiger partial charge in [-0.15, -0.1) is 0 Å². The molecule has 2 aromatic rings. The van der Waals surface area contributed by atoms with Crippen molar-refractivity contribution in [2.24, 2.45) is 0 Å². The molecule has 4 nitrogen and oxygen atoms in total. The van der Waals surface area contributed by atoms with Gasteiger partial charge in [-0.25, -0.2) is 13.2 Å². The highest BCUT2D eigenvalue weighted by Gasteiger charge is 2.14. The van der Waals surface area contributed by atoms with Gasteiger partial charge in [0.2, 0.25) is 0 Å². The van der Waals surface area contributed by atoms with Crippen molar-refractivity contribution in [3.63, 3.8) is 0 Å². The highest BCUT2D eigenvalue weighted by molar-refractivity contribution is 5.92. The van der Waals surface area contributed by atoms with Crippen LogP contribution >= 0.6 is 0 Å². The molecular weight excluding hydrogens is 285 g/mol. The van der Waals surface area contributed by atoms with Crippen LogP contribution in [0.4, 0.5) is 24.5 Å². The molecule has 2 aromatic carbocycles. The van der Waals surface area contributed by atoms with Gasteiger partial charge in [-0.3, -0.25) is 4.79 Å². The van der Waals surface area contributed by atoms with Gasteiger partial charge in [0.15, 0.2) is 18.2 Å². The number of hydrogen-bond acceptors (Lipinski definition) is 3. The van der Waals surface area contributed by atoms with Crippen LogP contribution in [-0.2, 0) is 4.79 Å². The number of ether oxygens (including phenoxy) is 1. The van der Waals surface area contributed by atoms with Crippen LogP contribution in [0.15, 0.2) is 36.4 Å². The molecule has 0 unspecified atom stereocenters. The predicted molar refractivity (Wildman–Crippen MR) is 71.3 cm³/mol. The number of benzene rings is 2. The normalized spacial score (nSPS) is 10.2. The first-order valence-electron chi connectivity index (χ1n) is 5.88. The molecule has 0 fully saturated rings. The van der Waals surface area contributed by atoms with E-state index in [2.05, 4.69) is 0 Å². The minimum atomic E-state index is -1.20. The van der Waals surface area contributed by atoms with Gasteiger partial charge in [-0.1, -0.05) is 6.07 Å². The number of nitrogens with one attached hydrogen (secondary N) is 1. The van der Waals surface area contributed by atoms with E-state index in [1.165, 1.54) is 6.07 Å². The van der Waals surface area contributed by atoms with Gasteiger partial charge in [0, 0.05) is 23.9 Å². The average Bonchev–Trinajstić information content (AvgIpc) is 2.40. The second-order valence-electron chi connectivity index (χ2n) is 4.15. The summed E-state index contributed by atoms with van der Waals surface area (Å²) in [5.74, 6) is -3.93. The lowest BCUT2D eigenvalue weighted by molar-refractivity contribution is -0.118. The summed E-state index contributed by atoms with van der Waals surface area (Å²) in [4.78, 5) is 11.6. The first-order valence-corrected chi connectivity index (χ1v) is 5.88. The van der Waals surface area contributed by atoms with Crippen LogP contribution < -0.4 is 15.8 Å². The Hall–Kier alpha value is -2.70. The van der Waals surface area contributed by atoms with Crippen LogP contribution in [0.2, 0.25) is 0 Å². The molecule has 7 heteroatoms. The Morgan fingerprint density at radius 3 is 2.43 bits per heavy atom. The number of nitrogens with two attached hydrogens (primary N) is 1. The van der Waals surface area contributed by atoms with Gasteiger partial charge in [0.05, 0.1) is 0 Å². The molecule has 0 aliphatic heterocycles. The molecule has 0 spiro atoms. The highest BCUT2D eigenvalue weighted by atomic mass is 19.1. The van der Waals surface area contributed by atoms with Crippen molar-refractivity contribution in [3.05, 3.63) is 53.8 Å². The maximum absolute atomic E-state index is 13.3. The molecule has 0 saturated heterocycles. The molecule has 0 radical (unpaired) electrons. The van der Waals surface area contributed by atoms with Gasteiger partial charge in [-0.2, -0.15) is 0 Å². The van der Waals surface area contributed by atoms with Gasteiger partial charge >= 0.3 is 0 Å². The second kappa shape index (κ2) is 6.17. The van der Waals surface area contributed by atoms with Gasteiger partial charge in [-0.05, 0) is 12.1 Å². The van der Waals surface area contributed by atoms with Crippen molar-refractivity contribution in [1.29, 1.82) is 0 Å². The Kier molecular flexibility index (Phi) is 4.32. The lowest BCUT2D eigenvalue weighted by Crippen LogP contribution is -2.21. The third kappa shape index (κ3) is 3.88. The molecule has 0 saturated carbocycles. The molecule has 0 bridgehead atoms. The molecule has 0 aliphatic carbocycles. The van der Waals surface area contributed by atoms with Crippen molar-refractivity contribution in [3.8, 4) is 5.75 Å². The molecule has 0 aromatic heterocycles. The molecule has 0 heterocycles. The zero-order chi connectivity index (χ0) is 15.4. The maximum Gasteiger partial charge on any atom is 0.262 e. The minimum absolute atomic E-state index is 0.338. The Bertz CT molecular complexity index is 654. The number of nitrogen functional groups attached to an aromatic ring is 1. The van der Waals surface area contributed by atoms with E-state index < -0.39 is 35.7 Å². The van der Waals surface area contributed by atoms with Crippen LogP contribution in [0.25, 0.3) is 0 Å². The van der Waals surface area contributed by atoms with E-state index in [0.717, 1.165) is 0 Å². The third-order valence-corrected chi connectivity index (χ3v) is 2.50. The number of carbonyl (C=O) groups excluding carboxylic acids is 1. The van der Waals surface area contributed by atoms with Crippen molar-refractivity contribution >= 4 is 17.3 Å². The number of carbonyl (C=O) groups is 1. The Morgan fingerprint density at radius 2 is 1.81 bits per heavy atom. The molecule has 110 valence electrons. The summed E-state index contributed by atoms with van der Waals surface area (Å²) in [6.07, 6.45) is 0. The Labute approximate surface area is 118 Å². The fraction of sp³-hybridized carbons (Fsp3) is 0.0714. The standard InChI is InChI=1S/C14H11F3N2O2/c15-8-4-11(16)14(12(17)5-8)19-13(20)7-21-10-3-1-2-9(18)6-10/h1-6H,7,18H2,(H,19,20). The molecule has 1 amide bonds.